The molecule has 0 spiro atoms. The standard InChI is InChI=1S/C23H28N8O/c1-15-12-16(2)26-23(25-15)29-21-13-20(27-17(3)28-21)18-6-5-11-31(14-18)22(32)8-7-19-9-10-24-30(19)4/h7-10,12-13,18H,5-6,11,14H2,1-4H3,(H,25,26,27,28,29)/b8-7+/t18-/m1/s1. The molecule has 32 heavy (non-hydrogen) atoms. The predicted octanol–water partition coefficient (Wildman–Crippen LogP) is 3.09. The Balaban J connectivity index is 1.48. The number of nitrogens with zero attached hydrogens (tertiary/aromatic N) is 7. The van der Waals surface area contributed by atoms with Crippen LogP contribution in [0.1, 0.15) is 47.4 Å². The summed E-state index contributed by atoms with van der Waals surface area (Å²) in [7, 11) is 1.85. The number of aromatic nitrogens is 6. The summed E-state index contributed by atoms with van der Waals surface area (Å²) in [5.41, 5.74) is 3.61. The second-order valence-corrected chi connectivity index (χ2v) is 8.16. The third kappa shape index (κ3) is 5.16. The van der Waals surface area contributed by atoms with Crippen LogP contribution in [0.5, 0.6) is 0 Å². The molecule has 9 heteroatoms. The van der Waals surface area contributed by atoms with Crippen molar-refractivity contribution in [1.29, 1.82) is 0 Å². The summed E-state index contributed by atoms with van der Waals surface area (Å²) < 4.78 is 1.74. The van der Waals surface area contributed by atoms with Crippen molar-refractivity contribution in [2.75, 3.05) is 18.4 Å². The van der Waals surface area contributed by atoms with Crippen molar-refractivity contribution < 1.29 is 4.79 Å². The van der Waals surface area contributed by atoms with Gasteiger partial charge in [0.05, 0.1) is 11.4 Å². The molecule has 166 valence electrons. The third-order valence-corrected chi connectivity index (χ3v) is 5.49. The van der Waals surface area contributed by atoms with E-state index in [0.29, 0.717) is 24.1 Å². The molecule has 0 aliphatic carbocycles. The Labute approximate surface area is 187 Å². The van der Waals surface area contributed by atoms with Gasteiger partial charge in [-0.15, -0.1) is 0 Å². The predicted molar refractivity (Wildman–Crippen MR) is 122 cm³/mol. The summed E-state index contributed by atoms with van der Waals surface area (Å²) >= 11 is 0. The number of hydrogen-bond acceptors (Lipinski definition) is 7. The Morgan fingerprint density at radius 3 is 2.62 bits per heavy atom. The molecule has 0 radical (unpaired) electrons. The van der Waals surface area contributed by atoms with Crippen LogP contribution in [-0.2, 0) is 11.8 Å². The molecule has 3 aromatic heterocycles. The number of nitrogens with one attached hydrogen (secondary N) is 1. The molecule has 0 bridgehead atoms. The highest BCUT2D eigenvalue weighted by molar-refractivity contribution is 5.91. The van der Waals surface area contributed by atoms with Crippen LogP contribution in [0, 0.1) is 20.8 Å². The first-order valence-corrected chi connectivity index (χ1v) is 10.8. The Morgan fingerprint density at radius 2 is 1.91 bits per heavy atom. The van der Waals surface area contributed by atoms with Gasteiger partial charge in [0.25, 0.3) is 0 Å². The molecule has 1 fully saturated rings. The van der Waals surface area contributed by atoms with E-state index in [1.807, 2.05) is 50.9 Å². The summed E-state index contributed by atoms with van der Waals surface area (Å²) in [6.45, 7) is 7.13. The third-order valence-electron chi connectivity index (χ3n) is 5.49. The van der Waals surface area contributed by atoms with E-state index in [0.717, 1.165) is 42.2 Å². The number of anilines is 2. The molecule has 1 atom stereocenters. The monoisotopic (exact) mass is 432 g/mol. The minimum atomic E-state index is 0.00339. The average molecular weight is 433 g/mol. The molecular weight excluding hydrogens is 404 g/mol. The zero-order valence-electron chi connectivity index (χ0n) is 18.9. The topological polar surface area (TPSA) is 102 Å². The minimum absolute atomic E-state index is 0.00339. The number of aryl methyl sites for hydroxylation is 4. The van der Waals surface area contributed by atoms with Crippen LogP contribution in [-0.4, -0.2) is 53.6 Å². The fourth-order valence-corrected chi connectivity index (χ4v) is 3.99. The molecule has 4 rings (SSSR count). The van der Waals surface area contributed by atoms with Gasteiger partial charge in [-0.2, -0.15) is 5.10 Å². The molecule has 1 amide bonds. The normalized spacial score (nSPS) is 16.5. The van der Waals surface area contributed by atoms with Crippen molar-refractivity contribution in [3.63, 3.8) is 0 Å². The number of carbonyl (C=O) groups is 1. The maximum absolute atomic E-state index is 12.8. The smallest absolute Gasteiger partial charge is 0.246 e. The first kappa shape index (κ1) is 21.6. The van der Waals surface area contributed by atoms with Gasteiger partial charge in [-0.3, -0.25) is 9.48 Å². The maximum Gasteiger partial charge on any atom is 0.246 e. The molecule has 1 aliphatic rings. The van der Waals surface area contributed by atoms with Gasteiger partial charge in [-0.1, -0.05) is 0 Å². The van der Waals surface area contributed by atoms with Gasteiger partial charge in [-0.25, -0.2) is 19.9 Å². The quantitative estimate of drug-likeness (QED) is 0.618. The Kier molecular flexibility index (Phi) is 6.25. The van der Waals surface area contributed by atoms with Gasteiger partial charge in [0.1, 0.15) is 11.6 Å². The highest BCUT2D eigenvalue weighted by Gasteiger charge is 2.25. The van der Waals surface area contributed by atoms with E-state index in [-0.39, 0.29) is 11.8 Å². The first-order valence-electron chi connectivity index (χ1n) is 10.8. The number of amides is 1. The summed E-state index contributed by atoms with van der Waals surface area (Å²) in [5.74, 6) is 2.02. The molecule has 4 heterocycles. The van der Waals surface area contributed by atoms with E-state index in [4.69, 9.17) is 0 Å². The van der Waals surface area contributed by atoms with Crippen molar-refractivity contribution in [2.24, 2.45) is 7.05 Å². The van der Waals surface area contributed by atoms with E-state index < -0.39 is 0 Å². The van der Waals surface area contributed by atoms with Crippen LogP contribution < -0.4 is 5.32 Å². The number of likely N-dealkylation sites (tertiary alicyclic amines) is 1. The molecule has 3 aromatic rings. The Hall–Kier alpha value is -3.62. The molecule has 1 saturated heterocycles. The van der Waals surface area contributed by atoms with E-state index in [1.54, 1.807) is 23.0 Å². The van der Waals surface area contributed by atoms with E-state index >= 15 is 0 Å². The number of carbonyl (C=O) groups excluding carboxylic acids is 1. The lowest BCUT2D eigenvalue weighted by Crippen LogP contribution is -2.38. The molecule has 0 unspecified atom stereocenters. The largest absolute Gasteiger partial charge is 0.338 e. The SMILES string of the molecule is Cc1cc(C)nc(Nc2cc([C@@H]3CCCN(C(=O)/C=C/c4ccnn4C)C3)nc(C)n2)n1. The van der Waals surface area contributed by atoms with Gasteiger partial charge in [0.2, 0.25) is 11.9 Å². The summed E-state index contributed by atoms with van der Waals surface area (Å²) in [4.78, 5) is 32.7. The molecule has 1 N–H and O–H groups in total. The number of rotatable bonds is 5. The fraction of sp³-hybridized carbons (Fsp3) is 0.391. The van der Waals surface area contributed by atoms with Crippen molar-refractivity contribution in [3.05, 3.63) is 59.1 Å². The van der Waals surface area contributed by atoms with Gasteiger partial charge in [0, 0.05) is 55.8 Å². The Bertz CT molecular complexity index is 1130. The zero-order chi connectivity index (χ0) is 22.7. The van der Waals surface area contributed by atoms with Gasteiger partial charge in [-0.05, 0) is 51.8 Å². The minimum Gasteiger partial charge on any atom is -0.338 e. The van der Waals surface area contributed by atoms with Crippen LogP contribution in [0.3, 0.4) is 0 Å². The average Bonchev–Trinajstić information content (AvgIpc) is 3.15. The van der Waals surface area contributed by atoms with Crippen molar-refractivity contribution in [2.45, 2.75) is 39.5 Å². The molecule has 0 saturated carbocycles. The number of piperidine rings is 1. The molecular formula is C23H28N8O. The van der Waals surface area contributed by atoms with Gasteiger partial charge >= 0.3 is 0 Å². The second-order valence-electron chi connectivity index (χ2n) is 8.16. The highest BCUT2D eigenvalue weighted by atomic mass is 16.2. The summed E-state index contributed by atoms with van der Waals surface area (Å²) in [5, 5.41) is 7.33. The lowest BCUT2D eigenvalue weighted by Gasteiger charge is -2.32. The lowest BCUT2D eigenvalue weighted by atomic mass is 9.94. The molecule has 0 aromatic carbocycles. The molecule has 9 nitrogen and oxygen atoms in total. The summed E-state index contributed by atoms with van der Waals surface area (Å²) in [6.07, 6.45) is 7.05. The molecule has 1 aliphatic heterocycles. The van der Waals surface area contributed by atoms with Crippen LogP contribution >= 0.6 is 0 Å². The maximum atomic E-state index is 12.8. The van der Waals surface area contributed by atoms with E-state index in [2.05, 4.69) is 30.4 Å². The van der Waals surface area contributed by atoms with Crippen molar-refractivity contribution in [1.82, 2.24) is 34.6 Å². The zero-order valence-corrected chi connectivity index (χ0v) is 18.9. The number of hydrogen-bond donors (Lipinski definition) is 1. The first-order chi connectivity index (χ1) is 15.4. The fourth-order valence-electron chi connectivity index (χ4n) is 3.99. The van der Waals surface area contributed by atoms with E-state index in [1.165, 1.54) is 0 Å². The second kappa shape index (κ2) is 9.25. The van der Waals surface area contributed by atoms with Crippen molar-refractivity contribution >= 4 is 23.7 Å². The summed E-state index contributed by atoms with van der Waals surface area (Å²) in [6, 6.07) is 5.75. The van der Waals surface area contributed by atoms with E-state index in [9.17, 15) is 4.79 Å². The van der Waals surface area contributed by atoms with Crippen LogP contribution in [0.4, 0.5) is 11.8 Å². The van der Waals surface area contributed by atoms with Crippen LogP contribution in [0.25, 0.3) is 6.08 Å². The van der Waals surface area contributed by atoms with Crippen molar-refractivity contribution in [3.8, 4) is 0 Å². The highest BCUT2D eigenvalue weighted by Crippen LogP contribution is 2.27. The van der Waals surface area contributed by atoms with Crippen LogP contribution in [0.15, 0.2) is 30.5 Å². The Morgan fingerprint density at radius 1 is 1.12 bits per heavy atom. The van der Waals surface area contributed by atoms with Crippen LogP contribution in [0.2, 0.25) is 0 Å². The lowest BCUT2D eigenvalue weighted by molar-refractivity contribution is -0.127. The van der Waals surface area contributed by atoms with Gasteiger partial charge < -0.3 is 10.2 Å². The van der Waals surface area contributed by atoms with Gasteiger partial charge in [0.15, 0.2) is 0 Å².